The third-order valence-corrected chi connectivity index (χ3v) is 5.46. The standard InChI is InChI=1S/C19H36N2O3/c1-7-23-16-12-15(19(16,5)6)20-13-14-8-10-21(11-9-14)17(22)24-18(2,3)4/h14-16,20H,7-13H2,1-6H3. The van der Waals surface area contributed by atoms with Crippen molar-refractivity contribution in [3.63, 3.8) is 0 Å². The van der Waals surface area contributed by atoms with Crippen molar-refractivity contribution in [2.24, 2.45) is 11.3 Å². The lowest BCUT2D eigenvalue weighted by Crippen LogP contribution is -2.61. The molecule has 140 valence electrons. The van der Waals surface area contributed by atoms with E-state index in [1.807, 2.05) is 25.7 Å². The van der Waals surface area contributed by atoms with Crippen molar-refractivity contribution >= 4 is 6.09 Å². The van der Waals surface area contributed by atoms with Gasteiger partial charge < -0.3 is 19.7 Å². The molecule has 0 aromatic heterocycles. The Morgan fingerprint density at radius 3 is 2.38 bits per heavy atom. The first-order valence-corrected chi connectivity index (χ1v) is 9.46. The molecular formula is C19H36N2O3. The zero-order valence-electron chi connectivity index (χ0n) is 16.4. The van der Waals surface area contributed by atoms with E-state index in [-0.39, 0.29) is 11.5 Å². The second-order valence-electron chi connectivity index (χ2n) is 8.87. The van der Waals surface area contributed by atoms with Gasteiger partial charge in [0, 0.05) is 31.2 Å². The second-order valence-corrected chi connectivity index (χ2v) is 8.87. The van der Waals surface area contributed by atoms with E-state index in [9.17, 15) is 4.79 Å². The zero-order valence-corrected chi connectivity index (χ0v) is 16.4. The lowest BCUT2D eigenvalue weighted by molar-refractivity contribution is -0.114. The molecule has 2 aliphatic rings. The number of rotatable bonds is 5. The molecule has 1 N–H and O–H groups in total. The van der Waals surface area contributed by atoms with Crippen LogP contribution in [0.2, 0.25) is 0 Å². The van der Waals surface area contributed by atoms with Crippen LogP contribution in [0.5, 0.6) is 0 Å². The minimum atomic E-state index is -0.414. The number of carbonyl (C=O) groups is 1. The molecule has 24 heavy (non-hydrogen) atoms. The Morgan fingerprint density at radius 2 is 1.88 bits per heavy atom. The summed E-state index contributed by atoms with van der Waals surface area (Å²) in [5.41, 5.74) is -0.199. The van der Waals surface area contributed by atoms with Gasteiger partial charge in [0.2, 0.25) is 0 Å². The summed E-state index contributed by atoms with van der Waals surface area (Å²) >= 11 is 0. The fourth-order valence-electron chi connectivity index (χ4n) is 3.67. The molecule has 0 bridgehead atoms. The van der Waals surface area contributed by atoms with Gasteiger partial charge in [0.05, 0.1) is 6.10 Å². The number of nitrogens with one attached hydrogen (secondary N) is 1. The summed E-state index contributed by atoms with van der Waals surface area (Å²) in [6.45, 7) is 15.8. The fourth-order valence-corrected chi connectivity index (χ4v) is 3.67. The van der Waals surface area contributed by atoms with Gasteiger partial charge in [0.25, 0.3) is 0 Å². The highest BCUT2D eigenvalue weighted by molar-refractivity contribution is 5.68. The first-order chi connectivity index (χ1) is 11.1. The molecule has 1 amide bonds. The number of hydrogen-bond donors (Lipinski definition) is 1. The summed E-state index contributed by atoms with van der Waals surface area (Å²) in [4.78, 5) is 13.9. The third kappa shape index (κ3) is 4.85. The van der Waals surface area contributed by atoms with Crippen molar-refractivity contribution in [2.45, 2.75) is 78.6 Å². The third-order valence-electron chi connectivity index (χ3n) is 5.46. The van der Waals surface area contributed by atoms with E-state index in [0.717, 1.165) is 45.5 Å². The Hall–Kier alpha value is -0.810. The lowest BCUT2D eigenvalue weighted by atomic mass is 9.64. The quantitative estimate of drug-likeness (QED) is 0.833. The van der Waals surface area contributed by atoms with Gasteiger partial charge in [0.15, 0.2) is 0 Å². The minimum absolute atomic E-state index is 0.173. The number of likely N-dealkylation sites (tertiary alicyclic amines) is 1. The number of amides is 1. The molecule has 1 aliphatic carbocycles. The van der Waals surface area contributed by atoms with Crippen LogP contribution in [0, 0.1) is 11.3 Å². The Bertz CT molecular complexity index is 423. The van der Waals surface area contributed by atoms with Crippen LogP contribution >= 0.6 is 0 Å². The van der Waals surface area contributed by atoms with E-state index in [4.69, 9.17) is 9.47 Å². The molecule has 1 saturated carbocycles. The van der Waals surface area contributed by atoms with Gasteiger partial charge in [0.1, 0.15) is 5.60 Å². The topological polar surface area (TPSA) is 50.8 Å². The highest BCUT2D eigenvalue weighted by atomic mass is 16.6. The molecule has 2 unspecified atom stereocenters. The monoisotopic (exact) mass is 340 g/mol. The van der Waals surface area contributed by atoms with Crippen molar-refractivity contribution in [1.29, 1.82) is 0 Å². The van der Waals surface area contributed by atoms with Crippen LogP contribution < -0.4 is 5.32 Å². The van der Waals surface area contributed by atoms with Crippen LogP contribution in [-0.4, -0.2) is 55.0 Å². The van der Waals surface area contributed by atoms with Gasteiger partial charge >= 0.3 is 6.09 Å². The summed E-state index contributed by atoms with van der Waals surface area (Å²) in [6, 6.07) is 0.540. The molecule has 1 saturated heterocycles. The molecule has 2 fully saturated rings. The zero-order chi connectivity index (χ0) is 18.0. The van der Waals surface area contributed by atoms with Gasteiger partial charge in [-0.1, -0.05) is 13.8 Å². The predicted octanol–water partition coefficient (Wildman–Crippen LogP) is 3.43. The van der Waals surface area contributed by atoms with Crippen LogP contribution in [0.15, 0.2) is 0 Å². The van der Waals surface area contributed by atoms with Gasteiger partial charge in [-0.25, -0.2) is 4.79 Å². The first kappa shape index (κ1) is 19.5. The number of hydrogen-bond acceptors (Lipinski definition) is 4. The summed E-state index contributed by atoms with van der Waals surface area (Å²) in [7, 11) is 0. The normalized spacial score (nSPS) is 27.7. The molecule has 2 atom stereocenters. The van der Waals surface area contributed by atoms with E-state index >= 15 is 0 Å². The maximum atomic E-state index is 12.1. The van der Waals surface area contributed by atoms with Crippen molar-refractivity contribution < 1.29 is 14.3 Å². The number of ether oxygens (including phenoxy) is 2. The Balaban J connectivity index is 1.68. The van der Waals surface area contributed by atoms with Crippen molar-refractivity contribution in [3.05, 3.63) is 0 Å². The Morgan fingerprint density at radius 1 is 1.25 bits per heavy atom. The van der Waals surface area contributed by atoms with E-state index in [1.54, 1.807) is 0 Å². The average Bonchev–Trinajstić information content (AvgIpc) is 2.49. The second kappa shape index (κ2) is 7.61. The Labute approximate surface area is 147 Å². The molecule has 0 aromatic rings. The maximum absolute atomic E-state index is 12.1. The van der Waals surface area contributed by atoms with Crippen molar-refractivity contribution in [1.82, 2.24) is 10.2 Å². The summed E-state index contributed by atoms with van der Waals surface area (Å²) in [5, 5.41) is 3.74. The van der Waals surface area contributed by atoms with E-state index < -0.39 is 5.60 Å². The number of nitrogens with zero attached hydrogens (tertiary/aromatic N) is 1. The lowest BCUT2D eigenvalue weighted by Gasteiger charge is -2.52. The van der Waals surface area contributed by atoms with Gasteiger partial charge in [-0.2, -0.15) is 0 Å². The highest BCUT2D eigenvalue weighted by Gasteiger charge is 2.48. The van der Waals surface area contributed by atoms with Crippen LogP contribution in [-0.2, 0) is 9.47 Å². The summed E-state index contributed by atoms with van der Waals surface area (Å²) in [6.07, 6.45) is 3.42. The minimum Gasteiger partial charge on any atom is -0.444 e. The van der Waals surface area contributed by atoms with E-state index in [0.29, 0.717) is 18.1 Å². The SMILES string of the molecule is CCOC1CC(NCC2CCN(C(=O)OC(C)(C)C)CC2)C1(C)C. The van der Waals surface area contributed by atoms with Crippen molar-refractivity contribution in [2.75, 3.05) is 26.2 Å². The molecule has 1 aliphatic heterocycles. The van der Waals surface area contributed by atoms with Gasteiger partial charge in [-0.15, -0.1) is 0 Å². The molecule has 1 heterocycles. The van der Waals surface area contributed by atoms with Gasteiger partial charge in [-0.05, 0) is 59.4 Å². The molecule has 2 rings (SSSR count). The predicted molar refractivity (Wildman–Crippen MR) is 96.1 cm³/mol. The van der Waals surface area contributed by atoms with Crippen molar-refractivity contribution in [3.8, 4) is 0 Å². The molecule has 5 heteroatoms. The fraction of sp³-hybridized carbons (Fsp3) is 0.947. The van der Waals surface area contributed by atoms with Crippen LogP contribution in [0.4, 0.5) is 4.79 Å². The largest absolute Gasteiger partial charge is 0.444 e. The van der Waals surface area contributed by atoms with Gasteiger partial charge in [-0.3, -0.25) is 0 Å². The summed E-state index contributed by atoms with van der Waals surface area (Å²) in [5.74, 6) is 0.644. The van der Waals surface area contributed by atoms with Crippen LogP contribution in [0.3, 0.4) is 0 Å². The summed E-state index contributed by atoms with van der Waals surface area (Å²) < 4.78 is 11.3. The number of piperidine rings is 1. The molecule has 0 radical (unpaired) electrons. The van der Waals surface area contributed by atoms with Crippen LogP contribution in [0.1, 0.15) is 60.8 Å². The van der Waals surface area contributed by atoms with Crippen LogP contribution in [0.25, 0.3) is 0 Å². The molecule has 0 spiro atoms. The average molecular weight is 341 g/mol. The van der Waals surface area contributed by atoms with E-state index in [1.165, 1.54) is 0 Å². The Kier molecular flexibility index (Phi) is 6.19. The first-order valence-electron chi connectivity index (χ1n) is 9.46. The maximum Gasteiger partial charge on any atom is 0.410 e. The molecule has 5 nitrogen and oxygen atoms in total. The number of carbonyl (C=O) groups excluding carboxylic acids is 1. The molecular weight excluding hydrogens is 304 g/mol. The van der Waals surface area contributed by atoms with E-state index in [2.05, 4.69) is 26.1 Å². The smallest absolute Gasteiger partial charge is 0.410 e. The highest BCUT2D eigenvalue weighted by Crippen LogP contribution is 2.42. The molecule has 0 aromatic carbocycles.